The van der Waals surface area contributed by atoms with Gasteiger partial charge in [0, 0.05) is 124 Å². The molecule has 8 fully saturated rings. The number of hydroxylamine groups is 4. The van der Waals surface area contributed by atoms with Crippen LogP contribution in [0.4, 0.5) is 11.4 Å². The van der Waals surface area contributed by atoms with E-state index in [9.17, 15) is 44.7 Å². The summed E-state index contributed by atoms with van der Waals surface area (Å²) in [6.07, 6.45) is 2.75. The van der Waals surface area contributed by atoms with Crippen molar-refractivity contribution in [3.8, 4) is 33.8 Å². The number of para-hydroxylation sites is 2. The highest BCUT2D eigenvalue weighted by Crippen LogP contribution is 2.62. The Balaban J connectivity index is 0.000000212. The van der Waals surface area contributed by atoms with Crippen LogP contribution in [0.1, 0.15) is 124 Å². The first-order chi connectivity index (χ1) is 54.5. The van der Waals surface area contributed by atoms with Crippen molar-refractivity contribution >= 4 is 35.1 Å². The Labute approximate surface area is 683 Å². The highest BCUT2D eigenvalue weighted by Gasteiger charge is 2.59. The second kappa shape index (κ2) is 38.6. The third-order valence-corrected chi connectivity index (χ3v) is 26.4. The molecule has 23 nitrogen and oxygen atoms in total. The summed E-state index contributed by atoms with van der Waals surface area (Å²) < 4.78 is 12.0. The Hall–Kier alpha value is -8.04. The molecule has 0 spiro atoms. The lowest BCUT2D eigenvalue weighted by atomic mass is 9.45. The maximum atomic E-state index is 14.4. The van der Waals surface area contributed by atoms with E-state index in [-0.39, 0.29) is 78.5 Å². The Kier molecular flexibility index (Phi) is 30.0. The van der Waals surface area contributed by atoms with Crippen molar-refractivity contribution in [2.75, 3.05) is 121 Å². The molecule has 0 aromatic heterocycles. The van der Waals surface area contributed by atoms with Crippen LogP contribution in [0, 0.1) is 58.2 Å². The lowest BCUT2D eigenvalue weighted by Gasteiger charge is -2.62. The molecule has 6 aromatic carbocycles. The number of aliphatic hydroxyl groups is 4. The van der Waals surface area contributed by atoms with E-state index in [0.717, 1.165) is 60.3 Å². The monoisotopic (exact) mass is 1580 g/mol. The number of methoxy groups -OCH3 is 2. The molecular formula is C92H132N10O13. The molecule has 23 heteroatoms. The van der Waals surface area contributed by atoms with E-state index in [1.807, 2.05) is 150 Å². The zero-order valence-electron chi connectivity index (χ0n) is 71.7. The minimum atomic E-state index is -1.03. The normalized spacial score (nSPS) is 26.1. The van der Waals surface area contributed by atoms with Crippen molar-refractivity contribution in [3.05, 3.63) is 167 Å². The zero-order chi connectivity index (χ0) is 83.8. The number of anilines is 2. The van der Waals surface area contributed by atoms with Gasteiger partial charge in [-0.25, -0.2) is 4.79 Å². The van der Waals surface area contributed by atoms with Crippen molar-refractivity contribution in [3.63, 3.8) is 0 Å². The third-order valence-electron chi connectivity index (χ3n) is 26.4. The molecule has 115 heavy (non-hydrogen) atoms. The molecule has 6 saturated carbocycles. The van der Waals surface area contributed by atoms with Gasteiger partial charge >= 0.3 is 5.97 Å². The van der Waals surface area contributed by atoms with Crippen LogP contribution in [0.25, 0.3) is 22.3 Å². The predicted octanol–water partition coefficient (Wildman–Crippen LogP) is 10.5. The van der Waals surface area contributed by atoms with Gasteiger partial charge in [0.05, 0.1) is 58.3 Å². The second-order valence-electron chi connectivity index (χ2n) is 35.6. The number of likely N-dealkylation sites (N-methyl/N-ethyl adjacent to an activating group) is 4. The number of carboxylic acid groups (broad SMARTS) is 1. The average molecular weight is 1590 g/mol. The van der Waals surface area contributed by atoms with E-state index in [4.69, 9.17) is 19.1 Å². The van der Waals surface area contributed by atoms with Gasteiger partial charge in [0.1, 0.15) is 35.8 Å². The summed E-state index contributed by atoms with van der Waals surface area (Å²) in [6, 6.07) is 42.2. The summed E-state index contributed by atoms with van der Waals surface area (Å²) in [4.78, 5) is 77.2. The lowest BCUT2D eigenvalue weighted by Crippen LogP contribution is -2.62. The molecule has 3 amide bonds. The summed E-state index contributed by atoms with van der Waals surface area (Å²) >= 11 is 0. The fourth-order valence-corrected chi connectivity index (χ4v) is 19.6. The summed E-state index contributed by atoms with van der Waals surface area (Å²) in [7, 11) is 23.0. The minimum Gasteiger partial charge on any atom is -0.496 e. The Morgan fingerprint density at radius 1 is 0.548 bits per heavy atom. The van der Waals surface area contributed by atoms with Gasteiger partial charge in [0.2, 0.25) is 11.8 Å². The summed E-state index contributed by atoms with van der Waals surface area (Å²) in [5, 5.41) is 65.3. The van der Waals surface area contributed by atoms with E-state index in [2.05, 4.69) is 124 Å². The number of benzene rings is 6. The van der Waals surface area contributed by atoms with E-state index < -0.39 is 54.3 Å². The number of nitrogens with zero attached hydrogens (tertiary/aromatic N) is 7. The highest BCUT2D eigenvalue weighted by atomic mass is 16.7. The standard InChI is InChI=1S/C46H65N5O6.C34H47N3O7.C12H20N2/c1-28-38-23-34(46(38,3)4)24-39(28)47-44(54)42-41(29(2)53)40(27-52)57-51(42)25-31-17-14-18-37(43(31)56-10)32-20-33(22-35(21-32)49(7)8)45(55)50(9)36(26-48(5)6)19-30-15-12-11-13-16-30;1-18-26-14-23(34(26,3)4)15-27(18)35-32(40)30-29(19(2)39)28(17-38)44-37(30)16-20-9-8-10-25(31(20)43-7)21-11-22(33(41)42)13-24(12-21)36(5)6;1-13-12(10-14(2)3)9-11-7-5-4-6-8-11/h11-18,20-22,28-29,34,36,38-42,52-53H,19,23-27H2,1-10H3,(H,47,54);8-13,18-19,23,26-30,38-39H,14-17H2,1-7H3,(H,35,40)(H,41,42);4-8,12-13H,9-10H2,1-3H3/t28-,29-,34+,36-,38-,39-,40-,41+,42-;18-,19-,23+,26-,27-,28-,29+,30-;12-/m000/s1. The summed E-state index contributed by atoms with van der Waals surface area (Å²) in [6.45, 7) is 18.5. The molecule has 14 rings (SSSR count). The van der Waals surface area contributed by atoms with Crippen molar-refractivity contribution < 1.29 is 63.9 Å². The van der Waals surface area contributed by atoms with Crippen LogP contribution >= 0.6 is 0 Å². The number of ether oxygens (including phenoxy) is 2. The van der Waals surface area contributed by atoms with Gasteiger partial charge in [-0.15, -0.1) is 0 Å². The molecule has 18 atom stereocenters. The number of hydrogen-bond acceptors (Lipinski definition) is 19. The van der Waals surface area contributed by atoms with Crippen LogP contribution in [0.5, 0.6) is 11.5 Å². The maximum absolute atomic E-state index is 14.4. The molecule has 0 radical (unpaired) electrons. The fraction of sp³-hybridized carbons (Fsp3) is 0.565. The quantitative estimate of drug-likeness (QED) is 0.0208. The van der Waals surface area contributed by atoms with Crippen molar-refractivity contribution in [2.24, 2.45) is 58.2 Å². The van der Waals surface area contributed by atoms with E-state index in [1.165, 1.54) is 24.0 Å². The number of rotatable bonds is 30. The topological polar surface area (TPSA) is 265 Å². The largest absolute Gasteiger partial charge is 0.496 e. The molecule has 8 N–H and O–H groups in total. The van der Waals surface area contributed by atoms with Crippen molar-refractivity contribution in [1.29, 1.82) is 0 Å². The molecule has 2 saturated heterocycles. The van der Waals surface area contributed by atoms with Gasteiger partial charge in [0.15, 0.2) is 0 Å². The number of aliphatic hydroxyl groups excluding tert-OH is 4. The van der Waals surface area contributed by atoms with Gasteiger partial charge in [-0.05, 0) is 193 Å². The van der Waals surface area contributed by atoms with E-state index in [1.54, 1.807) is 50.3 Å². The van der Waals surface area contributed by atoms with Crippen molar-refractivity contribution in [1.82, 2.24) is 40.8 Å². The number of carbonyl (C=O) groups excluding carboxylic acids is 3. The summed E-state index contributed by atoms with van der Waals surface area (Å²) in [5.41, 5.74) is 9.89. The average Bonchev–Trinajstić information content (AvgIpc) is 1.51. The summed E-state index contributed by atoms with van der Waals surface area (Å²) in [5.74, 6) is 1.20. The minimum absolute atomic E-state index is 0.0354. The molecule has 6 aliphatic carbocycles. The zero-order valence-corrected chi connectivity index (χ0v) is 71.7. The molecule has 6 aromatic rings. The lowest BCUT2D eigenvalue weighted by molar-refractivity contribution is -0.183. The number of aromatic carboxylic acids is 1. The molecule has 4 bridgehead atoms. The maximum Gasteiger partial charge on any atom is 0.335 e. The van der Waals surface area contributed by atoms with Gasteiger partial charge < -0.3 is 75.5 Å². The van der Waals surface area contributed by atoms with Gasteiger partial charge in [-0.2, -0.15) is 10.1 Å². The number of fused-ring (bicyclic) bond motifs is 4. The van der Waals surface area contributed by atoms with Gasteiger partial charge in [0.25, 0.3) is 5.91 Å². The van der Waals surface area contributed by atoms with Gasteiger partial charge in [-0.1, -0.05) is 139 Å². The van der Waals surface area contributed by atoms with Crippen LogP contribution < -0.4 is 35.2 Å². The first-order valence-electron chi connectivity index (χ1n) is 41.1. The Morgan fingerprint density at radius 2 is 0.957 bits per heavy atom. The number of amides is 3. The molecule has 0 unspecified atom stereocenters. The second-order valence-corrected chi connectivity index (χ2v) is 35.6. The van der Waals surface area contributed by atoms with E-state index in [0.29, 0.717) is 81.8 Å². The molecule has 2 aliphatic heterocycles. The SMILES string of the molecule is CN[C@@H](Cc1ccccc1)CN(C)C.COc1c(CN2O[C@@H](CO)[C@@H]([C@H](C)O)[C@H]2C(=O)N[C@H]2C[C@H]3C[C@@H]([C@@H]2C)C3(C)C)cccc1-c1cc(C(=O)N(C)[C@@H](Cc2ccccc2)CN(C)C)cc(N(C)C)c1.COc1c(CN2O[C@@H](CO)[C@@H]([C@H](C)O)[C@H]2C(=O)N[C@H]2C[C@H]3C[C@@H]([C@@H]2C)C3(C)C)cccc1-c1cc(C(=O)O)cc(N(C)C)c1. The number of carboxylic acids is 1. The van der Waals surface area contributed by atoms with Crippen LogP contribution in [-0.2, 0) is 45.2 Å². The molecule has 8 aliphatic rings. The molecular weight excluding hydrogens is 1450 g/mol. The smallest absolute Gasteiger partial charge is 0.335 e. The van der Waals surface area contributed by atoms with E-state index >= 15 is 0 Å². The highest BCUT2D eigenvalue weighted by molar-refractivity contribution is 5.97. The van der Waals surface area contributed by atoms with Gasteiger partial charge in [-0.3, -0.25) is 24.1 Å². The van der Waals surface area contributed by atoms with Crippen LogP contribution in [0.3, 0.4) is 0 Å². The Morgan fingerprint density at radius 3 is 1.31 bits per heavy atom. The molecule has 628 valence electrons. The first-order valence-corrected chi connectivity index (χ1v) is 41.1. The number of hydrogen-bond donors (Lipinski definition) is 8. The van der Waals surface area contributed by atoms with Crippen LogP contribution in [-0.4, -0.2) is 246 Å². The van der Waals surface area contributed by atoms with Crippen molar-refractivity contribution in [2.45, 2.75) is 168 Å². The Bertz CT molecular complexity index is 4240. The fourth-order valence-electron chi connectivity index (χ4n) is 19.6. The number of carbonyl (C=O) groups is 4. The van der Waals surface area contributed by atoms with Crippen LogP contribution in [0.2, 0.25) is 0 Å². The van der Waals surface area contributed by atoms with Crippen LogP contribution in [0.15, 0.2) is 133 Å². The number of nitrogens with one attached hydrogen (secondary N) is 3. The first kappa shape index (κ1) is 89.3. The molecule has 2 heterocycles. The predicted molar refractivity (Wildman–Crippen MR) is 454 cm³/mol. The third kappa shape index (κ3) is 20.2.